The standard InChI is InChI=1S/C15H21NO3/c1-10(15(18)16(2)3)19-12-7-8-13-11(9-12)5-4-6-14(13)17/h7-10,14,17H,4-6H2,1-3H3. The van der Waals surface area contributed by atoms with E-state index in [2.05, 4.69) is 0 Å². The van der Waals surface area contributed by atoms with Crippen LogP contribution < -0.4 is 4.74 Å². The second-order valence-corrected chi connectivity index (χ2v) is 5.26. The summed E-state index contributed by atoms with van der Waals surface area (Å²) in [6.45, 7) is 1.75. The largest absolute Gasteiger partial charge is 0.481 e. The van der Waals surface area contributed by atoms with E-state index in [4.69, 9.17) is 4.74 Å². The molecule has 4 heteroatoms. The van der Waals surface area contributed by atoms with Crippen LogP contribution in [-0.4, -0.2) is 36.1 Å². The molecule has 2 rings (SSSR count). The van der Waals surface area contributed by atoms with Gasteiger partial charge in [-0.25, -0.2) is 0 Å². The maximum absolute atomic E-state index is 11.7. The maximum Gasteiger partial charge on any atom is 0.262 e. The number of amides is 1. The van der Waals surface area contributed by atoms with Crippen molar-refractivity contribution in [3.63, 3.8) is 0 Å². The Bertz CT molecular complexity index is 470. The third-order valence-electron chi connectivity index (χ3n) is 3.50. The fourth-order valence-electron chi connectivity index (χ4n) is 2.46. The third-order valence-corrected chi connectivity index (χ3v) is 3.50. The number of hydrogen-bond donors (Lipinski definition) is 1. The van der Waals surface area contributed by atoms with Gasteiger partial charge in [0.25, 0.3) is 5.91 Å². The highest BCUT2D eigenvalue weighted by Crippen LogP contribution is 2.32. The van der Waals surface area contributed by atoms with Gasteiger partial charge < -0.3 is 14.7 Å². The molecule has 1 aromatic carbocycles. The van der Waals surface area contributed by atoms with E-state index in [1.54, 1.807) is 21.0 Å². The number of ether oxygens (including phenoxy) is 1. The first-order valence-corrected chi connectivity index (χ1v) is 6.67. The Morgan fingerprint density at radius 1 is 1.47 bits per heavy atom. The van der Waals surface area contributed by atoms with Crippen LogP contribution in [-0.2, 0) is 11.2 Å². The number of aliphatic hydroxyl groups excluding tert-OH is 1. The van der Waals surface area contributed by atoms with Crippen molar-refractivity contribution < 1.29 is 14.6 Å². The van der Waals surface area contributed by atoms with Gasteiger partial charge in [0, 0.05) is 14.1 Å². The van der Waals surface area contributed by atoms with Gasteiger partial charge in [-0.1, -0.05) is 6.07 Å². The molecule has 19 heavy (non-hydrogen) atoms. The van der Waals surface area contributed by atoms with E-state index in [0.717, 1.165) is 30.4 Å². The number of carbonyl (C=O) groups is 1. The Balaban J connectivity index is 2.12. The molecule has 0 aliphatic heterocycles. The molecule has 1 aliphatic rings. The van der Waals surface area contributed by atoms with E-state index in [0.29, 0.717) is 5.75 Å². The van der Waals surface area contributed by atoms with Crippen LogP contribution in [0.4, 0.5) is 0 Å². The minimum Gasteiger partial charge on any atom is -0.481 e. The van der Waals surface area contributed by atoms with Gasteiger partial charge in [-0.05, 0) is 49.4 Å². The van der Waals surface area contributed by atoms with Gasteiger partial charge in [0.15, 0.2) is 6.10 Å². The molecule has 2 atom stereocenters. The first-order valence-electron chi connectivity index (χ1n) is 6.67. The molecule has 1 N–H and O–H groups in total. The zero-order valence-corrected chi connectivity index (χ0v) is 11.7. The predicted molar refractivity (Wildman–Crippen MR) is 73.1 cm³/mol. The molecule has 0 heterocycles. The van der Waals surface area contributed by atoms with Crippen LogP contribution in [0.5, 0.6) is 5.75 Å². The minimum absolute atomic E-state index is 0.0576. The molecule has 4 nitrogen and oxygen atoms in total. The number of carbonyl (C=O) groups excluding carboxylic acids is 1. The summed E-state index contributed by atoms with van der Waals surface area (Å²) in [6, 6.07) is 5.67. The summed E-state index contributed by atoms with van der Waals surface area (Å²) in [4.78, 5) is 13.3. The smallest absolute Gasteiger partial charge is 0.262 e. The maximum atomic E-state index is 11.7. The van der Waals surface area contributed by atoms with Crippen molar-refractivity contribution in [2.75, 3.05) is 14.1 Å². The van der Waals surface area contributed by atoms with Crippen molar-refractivity contribution in [2.45, 2.75) is 38.4 Å². The lowest BCUT2D eigenvalue weighted by atomic mass is 9.89. The first-order chi connectivity index (χ1) is 8.99. The fourth-order valence-corrected chi connectivity index (χ4v) is 2.46. The van der Waals surface area contributed by atoms with Crippen molar-refractivity contribution >= 4 is 5.91 Å². The predicted octanol–water partition coefficient (Wildman–Crippen LogP) is 1.91. The van der Waals surface area contributed by atoms with Crippen LogP contribution >= 0.6 is 0 Å². The van der Waals surface area contributed by atoms with Gasteiger partial charge in [-0.15, -0.1) is 0 Å². The SMILES string of the molecule is CC(Oc1ccc2c(c1)CCCC2O)C(=O)N(C)C. The fraction of sp³-hybridized carbons (Fsp3) is 0.533. The Morgan fingerprint density at radius 2 is 2.21 bits per heavy atom. The third kappa shape index (κ3) is 3.07. The normalized spacial score (nSPS) is 19.5. The van der Waals surface area contributed by atoms with Crippen molar-refractivity contribution in [3.8, 4) is 5.75 Å². The number of fused-ring (bicyclic) bond motifs is 1. The van der Waals surface area contributed by atoms with Gasteiger partial charge in [0.2, 0.25) is 0 Å². The van der Waals surface area contributed by atoms with Gasteiger partial charge >= 0.3 is 0 Å². The highest BCUT2D eigenvalue weighted by molar-refractivity contribution is 5.80. The highest BCUT2D eigenvalue weighted by Gasteiger charge is 2.20. The summed E-state index contributed by atoms with van der Waals surface area (Å²) in [7, 11) is 3.43. The monoisotopic (exact) mass is 263 g/mol. The second-order valence-electron chi connectivity index (χ2n) is 5.26. The highest BCUT2D eigenvalue weighted by atomic mass is 16.5. The lowest BCUT2D eigenvalue weighted by Crippen LogP contribution is -2.35. The summed E-state index contributed by atoms with van der Waals surface area (Å²) in [5.74, 6) is 0.633. The Morgan fingerprint density at radius 3 is 2.89 bits per heavy atom. The summed E-state index contributed by atoms with van der Waals surface area (Å²) in [5.41, 5.74) is 2.12. The molecular weight excluding hydrogens is 242 g/mol. The van der Waals surface area contributed by atoms with Crippen LogP contribution in [0.2, 0.25) is 0 Å². The number of rotatable bonds is 3. The number of aryl methyl sites for hydroxylation is 1. The van der Waals surface area contributed by atoms with Crippen molar-refractivity contribution in [3.05, 3.63) is 29.3 Å². The van der Waals surface area contributed by atoms with Crippen LogP contribution in [0.25, 0.3) is 0 Å². The van der Waals surface area contributed by atoms with Crippen molar-refractivity contribution in [1.82, 2.24) is 4.90 Å². The number of hydrogen-bond acceptors (Lipinski definition) is 3. The molecular formula is C15H21NO3. The summed E-state index contributed by atoms with van der Waals surface area (Å²) in [6.07, 6.45) is 1.91. The topological polar surface area (TPSA) is 49.8 Å². The van der Waals surface area contributed by atoms with Crippen molar-refractivity contribution in [2.24, 2.45) is 0 Å². The number of aliphatic hydroxyl groups is 1. The zero-order valence-electron chi connectivity index (χ0n) is 11.7. The van der Waals surface area contributed by atoms with Crippen LogP contribution in [0.1, 0.15) is 37.0 Å². The van der Waals surface area contributed by atoms with E-state index in [-0.39, 0.29) is 12.0 Å². The van der Waals surface area contributed by atoms with Gasteiger partial charge in [0.05, 0.1) is 6.10 Å². The number of benzene rings is 1. The Kier molecular flexibility index (Phi) is 4.10. The van der Waals surface area contributed by atoms with E-state index < -0.39 is 6.10 Å². The van der Waals surface area contributed by atoms with Gasteiger partial charge in [-0.3, -0.25) is 4.79 Å². The quantitative estimate of drug-likeness (QED) is 0.906. The molecule has 0 radical (unpaired) electrons. The lowest BCUT2D eigenvalue weighted by molar-refractivity contribution is -0.135. The first kappa shape index (κ1) is 13.9. The molecule has 1 aromatic rings. The van der Waals surface area contributed by atoms with Gasteiger partial charge in [-0.2, -0.15) is 0 Å². The van der Waals surface area contributed by atoms with Gasteiger partial charge in [0.1, 0.15) is 5.75 Å². The van der Waals surface area contributed by atoms with E-state index >= 15 is 0 Å². The van der Waals surface area contributed by atoms with Crippen molar-refractivity contribution in [1.29, 1.82) is 0 Å². The molecule has 0 bridgehead atoms. The molecule has 0 fully saturated rings. The van der Waals surface area contributed by atoms with E-state index in [1.165, 1.54) is 4.90 Å². The molecule has 1 amide bonds. The lowest BCUT2D eigenvalue weighted by Gasteiger charge is -2.23. The van der Waals surface area contributed by atoms with Crippen LogP contribution in [0, 0.1) is 0 Å². The molecule has 0 aromatic heterocycles. The minimum atomic E-state index is -0.499. The Labute approximate surface area is 114 Å². The average Bonchev–Trinajstić information content (AvgIpc) is 2.37. The summed E-state index contributed by atoms with van der Waals surface area (Å²) in [5, 5.41) is 9.89. The Hall–Kier alpha value is -1.55. The second kappa shape index (κ2) is 5.61. The molecule has 1 aliphatic carbocycles. The van der Waals surface area contributed by atoms with E-state index in [1.807, 2.05) is 18.2 Å². The van der Waals surface area contributed by atoms with E-state index in [9.17, 15) is 9.90 Å². The zero-order chi connectivity index (χ0) is 14.0. The molecule has 0 spiro atoms. The van der Waals surface area contributed by atoms with Crippen LogP contribution in [0.15, 0.2) is 18.2 Å². The molecule has 0 saturated carbocycles. The summed E-state index contributed by atoms with van der Waals surface area (Å²) < 4.78 is 5.67. The molecule has 2 unspecified atom stereocenters. The number of nitrogens with zero attached hydrogens (tertiary/aromatic N) is 1. The number of likely N-dealkylation sites (N-methyl/N-ethyl adjacent to an activating group) is 1. The molecule has 0 saturated heterocycles. The van der Waals surface area contributed by atoms with Crippen LogP contribution in [0.3, 0.4) is 0 Å². The average molecular weight is 263 g/mol. The molecule has 104 valence electrons. The summed E-state index contributed by atoms with van der Waals surface area (Å²) >= 11 is 0.